The van der Waals surface area contributed by atoms with Gasteiger partial charge in [-0.3, -0.25) is 14.9 Å². The molecule has 2 aromatic rings. The molecule has 2 N–H and O–H groups in total. The van der Waals surface area contributed by atoms with Gasteiger partial charge in [-0.25, -0.2) is 0 Å². The zero-order chi connectivity index (χ0) is 18.4. The number of nitrogens with one attached hydrogen (secondary N) is 2. The average molecular weight is 367 g/mol. The lowest BCUT2D eigenvalue weighted by atomic mass is 10.1. The third-order valence-corrected chi connectivity index (χ3v) is 4.48. The van der Waals surface area contributed by atoms with Gasteiger partial charge in [-0.15, -0.1) is 0 Å². The van der Waals surface area contributed by atoms with Crippen LogP contribution in [-0.2, 0) is 0 Å². The number of nitrogens with zero attached hydrogens (tertiary/aromatic N) is 1. The zero-order valence-corrected chi connectivity index (χ0v) is 15.2. The van der Waals surface area contributed by atoms with Gasteiger partial charge in [0.15, 0.2) is 5.11 Å². The highest BCUT2D eigenvalue weighted by atomic mass is 32.1. The number of likely N-dealkylation sites (tertiary alicyclic amines) is 1. The second kappa shape index (κ2) is 8.58. The first-order valence-corrected chi connectivity index (χ1v) is 9.11. The monoisotopic (exact) mass is 367 g/mol. The Morgan fingerprint density at radius 2 is 1.58 bits per heavy atom. The lowest BCUT2D eigenvalue weighted by molar-refractivity contribution is 0.0724. The third kappa shape index (κ3) is 4.67. The number of piperidine rings is 1. The summed E-state index contributed by atoms with van der Waals surface area (Å²) in [5.41, 5.74) is 1.82. The quantitative estimate of drug-likeness (QED) is 0.816. The van der Waals surface area contributed by atoms with Crippen LogP contribution in [0.1, 0.15) is 40.0 Å². The second-order valence-electron chi connectivity index (χ2n) is 6.21. The number of thiocarbonyl (C=S) groups is 1. The molecule has 5 nitrogen and oxygen atoms in total. The van der Waals surface area contributed by atoms with Crippen LogP contribution in [0.5, 0.6) is 0 Å². The molecule has 1 aliphatic rings. The first-order valence-electron chi connectivity index (χ1n) is 8.70. The summed E-state index contributed by atoms with van der Waals surface area (Å²) in [7, 11) is 0. The fourth-order valence-corrected chi connectivity index (χ4v) is 3.15. The molecule has 134 valence electrons. The molecule has 0 atom stereocenters. The molecule has 3 rings (SSSR count). The van der Waals surface area contributed by atoms with Gasteiger partial charge in [0.2, 0.25) is 0 Å². The number of carbonyl (C=O) groups is 2. The Kier molecular flexibility index (Phi) is 5.96. The van der Waals surface area contributed by atoms with Crippen LogP contribution in [0.4, 0.5) is 5.69 Å². The smallest absolute Gasteiger partial charge is 0.257 e. The van der Waals surface area contributed by atoms with Gasteiger partial charge >= 0.3 is 0 Å². The maximum atomic E-state index is 12.6. The summed E-state index contributed by atoms with van der Waals surface area (Å²) in [6, 6.07) is 16.0. The Balaban J connectivity index is 1.62. The predicted molar refractivity (Wildman–Crippen MR) is 106 cm³/mol. The van der Waals surface area contributed by atoms with E-state index in [4.69, 9.17) is 12.2 Å². The van der Waals surface area contributed by atoms with Crippen molar-refractivity contribution in [2.24, 2.45) is 0 Å². The highest BCUT2D eigenvalue weighted by Crippen LogP contribution is 2.16. The summed E-state index contributed by atoms with van der Waals surface area (Å²) in [5, 5.41) is 5.81. The highest BCUT2D eigenvalue weighted by molar-refractivity contribution is 7.80. The van der Waals surface area contributed by atoms with E-state index in [9.17, 15) is 9.59 Å². The normalized spacial score (nSPS) is 13.8. The molecule has 2 aromatic carbocycles. The second-order valence-corrected chi connectivity index (χ2v) is 6.62. The lowest BCUT2D eigenvalue weighted by Crippen LogP contribution is -2.36. The Hall–Kier alpha value is -2.73. The van der Waals surface area contributed by atoms with E-state index in [1.807, 2.05) is 17.0 Å². The minimum absolute atomic E-state index is 0.0348. The van der Waals surface area contributed by atoms with E-state index < -0.39 is 0 Å². The SMILES string of the molecule is O=C(NC(=S)Nc1cccc(C(=O)N2CCCCC2)c1)c1ccccc1. The Bertz CT molecular complexity index is 802. The van der Waals surface area contributed by atoms with Crippen molar-refractivity contribution in [3.63, 3.8) is 0 Å². The van der Waals surface area contributed by atoms with Crippen molar-refractivity contribution >= 4 is 34.8 Å². The largest absolute Gasteiger partial charge is 0.339 e. The van der Waals surface area contributed by atoms with Crippen LogP contribution in [0.2, 0.25) is 0 Å². The van der Waals surface area contributed by atoms with Crippen LogP contribution in [-0.4, -0.2) is 34.9 Å². The van der Waals surface area contributed by atoms with Gasteiger partial charge in [0.25, 0.3) is 11.8 Å². The first-order chi connectivity index (χ1) is 12.6. The molecule has 0 saturated carbocycles. The van der Waals surface area contributed by atoms with Gasteiger partial charge in [-0.2, -0.15) is 0 Å². The molecule has 1 saturated heterocycles. The number of hydrogen-bond acceptors (Lipinski definition) is 3. The van der Waals surface area contributed by atoms with Crippen molar-refractivity contribution in [1.82, 2.24) is 10.2 Å². The molecular formula is C20H21N3O2S. The van der Waals surface area contributed by atoms with E-state index in [0.29, 0.717) is 16.8 Å². The minimum Gasteiger partial charge on any atom is -0.339 e. The van der Waals surface area contributed by atoms with Gasteiger partial charge < -0.3 is 10.2 Å². The number of carbonyl (C=O) groups excluding carboxylic acids is 2. The number of anilines is 1. The maximum Gasteiger partial charge on any atom is 0.257 e. The molecule has 0 aromatic heterocycles. The van der Waals surface area contributed by atoms with E-state index in [2.05, 4.69) is 10.6 Å². The molecule has 26 heavy (non-hydrogen) atoms. The first kappa shape index (κ1) is 18.1. The van der Waals surface area contributed by atoms with Gasteiger partial charge in [-0.05, 0) is 61.8 Å². The van der Waals surface area contributed by atoms with E-state index in [-0.39, 0.29) is 16.9 Å². The Labute approximate surface area is 158 Å². The lowest BCUT2D eigenvalue weighted by Gasteiger charge is -2.26. The van der Waals surface area contributed by atoms with Crippen LogP contribution in [0.15, 0.2) is 54.6 Å². The number of amides is 2. The molecule has 6 heteroatoms. The summed E-state index contributed by atoms with van der Waals surface area (Å²) >= 11 is 5.21. The topological polar surface area (TPSA) is 61.4 Å². The van der Waals surface area contributed by atoms with E-state index >= 15 is 0 Å². The van der Waals surface area contributed by atoms with Crippen LogP contribution >= 0.6 is 12.2 Å². The van der Waals surface area contributed by atoms with Gasteiger partial charge in [0.1, 0.15) is 0 Å². The van der Waals surface area contributed by atoms with Gasteiger partial charge in [0, 0.05) is 29.9 Å². The molecule has 1 fully saturated rings. The Morgan fingerprint density at radius 1 is 0.885 bits per heavy atom. The molecule has 0 spiro atoms. The van der Waals surface area contributed by atoms with Crippen LogP contribution in [0, 0.1) is 0 Å². The van der Waals surface area contributed by atoms with Crippen LogP contribution in [0.25, 0.3) is 0 Å². The van der Waals surface area contributed by atoms with Crippen molar-refractivity contribution in [2.75, 3.05) is 18.4 Å². The standard InChI is InChI=1S/C20H21N3O2S/c24-18(15-8-3-1-4-9-15)22-20(26)21-17-11-7-10-16(14-17)19(25)23-12-5-2-6-13-23/h1,3-4,7-11,14H,2,5-6,12-13H2,(H2,21,22,24,26). The number of rotatable bonds is 3. The minimum atomic E-state index is -0.274. The molecule has 0 bridgehead atoms. The van der Waals surface area contributed by atoms with Crippen molar-refractivity contribution in [1.29, 1.82) is 0 Å². The summed E-state index contributed by atoms with van der Waals surface area (Å²) in [6.07, 6.45) is 3.29. The molecule has 0 aliphatic carbocycles. The maximum absolute atomic E-state index is 12.6. The van der Waals surface area contributed by atoms with Crippen LogP contribution < -0.4 is 10.6 Å². The Morgan fingerprint density at radius 3 is 2.31 bits per heavy atom. The van der Waals surface area contributed by atoms with Crippen molar-refractivity contribution in [3.8, 4) is 0 Å². The molecule has 0 radical (unpaired) electrons. The highest BCUT2D eigenvalue weighted by Gasteiger charge is 2.18. The van der Waals surface area contributed by atoms with Crippen molar-refractivity contribution in [2.45, 2.75) is 19.3 Å². The number of hydrogen-bond donors (Lipinski definition) is 2. The van der Waals surface area contributed by atoms with E-state index in [1.165, 1.54) is 6.42 Å². The molecular weight excluding hydrogens is 346 g/mol. The molecule has 1 aliphatic heterocycles. The molecule has 0 unspecified atom stereocenters. The summed E-state index contributed by atoms with van der Waals surface area (Å²) in [4.78, 5) is 26.6. The number of benzene rings is 2. The summed E-state index contributed by atoms with van der Waals surface area (Å²) in [5.74, 6) is -0.240. The van der Waals surface area contributed by atoms with Gasteiger partial charge in [-0.1, -0.05) is 24.3 Å². The van der Waals surface area contributed by atoms with E-state index in [1.54, 1.807) is 42.5 Å². The summed E-state index contributed by atoms with van der Waals surface area (Å²) in [6.45, 7) is 1.62. The van der Waals surface area contributed by atoms with Gasteiger partial charge in [0.05, 0.1) is 0 Å². The van der Waals surface area contributed by atoms with E-state index in [0.717, 1.165) is 25.9 Å². The zero-order valence-electron chi connectivity index (χ0n) is 14.4. The van der Waals surface area contributed by atoms with Crippen LogP contribution in [0.3, 0.4) is 0 Å². The summed E-state index contributed by atoms with van der Waals surface area (Å²) < 4.78 is 0. The fraction of sp³-hybridized carbons (Fsp3) is 0.250. The predicted octanol–water partition coefficient (Wildman–Crippen LogP) is 3.44. The molecule has 1 heterocycles. The average Bonchev–Trinajstić information content (AvgIpc) is 2.69. The fourth-order valence-electron chi connectivity index (χ4n) is 2.94. The van der Waals surface area contributed by atoms with Crippen molar-refractivity contribution in [3.05, 3.63) is 65.7 Å². The van der Waals surface area contributed by atoms with Crippen molar-refractivity contribution < 1.29 is 9.59 Å². The third-order valence-electron chi connectivity index (χ3n) is 4.27. The molecule has 2 amide bonds.